The van der Waals surface area contributed by atoms with Crippen molar-refractivity contribution in [3.05, 3.63) is 29.8 Å². The first-order chi connectivity index (χ1) is 9.60. The predicted molar refractivity (Wildman–Crippen MR) is 73.2 cm³/mol. The maximum Gasteiger partial charge on any atom is 0.313 e. The summed E-state index contributed by atoms with van der Waals surface area (Å²) in [7, 11) is 0. The fourth-order valence-corrected chi connectivity index (χ4v) is 1.98. The van der Waals surface area contributed by atoms with Gasteiger partial charge < -0.3 is 20.1 Å². The first-order valence-corrected chi connectivity index (χ1v) is 6.49. The van der Waals surface area contributed by atoms with Gasteiger partial charge in [-0.1, -0.05) is 17.7 Å². The van der Waals surface area contributed by atoms with Crippen LogP contribution in [-0.4, -0.2) is 54.2 Å². The standard InChI is InChI=1S/C14H18N2O4/c1-10-2-4-11(5-3-10)15-13(18)14(19)16-6-7-20-12(8-16)9-17/h2-5,12,17H,6-9H2,1H3,(H,15,18). The minimum atomic E-state index is -0.674. The highest BCUT2D eigenvalue weighted by molar-refractivity contribution is 6.39. The number of anilines is 1. The Morgan fingerprint density at radius 3 is 2.75 bits per heavy atom. The van der Waals surface area contributed by atoms with E-state index in [2.05, 4.69) is 5.32 Å². The molecule has 1 saturated heterocycles. The molecule has 0 bridgehead atoms. The monoisotopic (exact) mass is 278 g/mol. The van der Waals surface area contributed by atoms with Crippen LogP contribution < -0.4 is 5.32 Å². The number of hydrogen-bond donors (Lipinski definition) is 2. The van der Waals surface area contributed by atoms with Gasteiger partial charge in [-0.2, -0.15) is 0 Å². The summed E-state index contributed by atoms with van der Waals surface area (Å²) in [6.45, 7) is 2.70. The zero-order valence-corrected chi connectivity index (χ0v) is 11.3. The van der Waals surface area contributed by atoms with Crippen molar-refractivity contribution in [1.82, 2.24) is 4.90 Å². The second kappa shape index (κ2) is 6.49. The number of carbonyl (C=O) groups is 2. The van der Waals surface area contributed by atoms with Crippen molar-refractivity contribution in [1.29, 1.82) is 0 Å². The van der Waals surface area contributed by atoms with Gasteiger partial charge in [0.05, 0.1) is 19.3 Å². The SMILES string of the molecule is Cc1ccc(NC(=O)C(=O)N2CCOC(CO)C2)cc1. The summed E-state index contributed by atoms with van der Waals surface area (Å²) in [6, 6.07) is 7.21. The van der Waals surface area contributed by atoms with Crippen molar-refractivity contribution in [3.8, 4) is 0 Å². The Bertz CT molecular complexity index is 486. The van der Waals surface area contributed by atoms with Gasteiger partial charge in [0, 0.05) is 18.8 Å². The van der Waals surface area contributed by atoms with E-state index in [4.69, 9.17) is 9.84 Å². The Morgan fingerprint density at radius 1 is 1.40 bits per heavy atom. The van der Waals surface area contributed by atoms with Crippen molar-refractivity contribution in [3.63, 3.8) is 0 Å². The number of aryl methyl sites for hydroxylation is 1. The molecule has 6 heteroatoms. The van der Waals surface area contributed by atoms with Gasteiger partial charge in [0.2, 0.25) is 0 Å². The van der Waals surface area contributed by atoms with Gasteiger partial charge in [-0.25, -0.2) is 0 Å². The molecule has 0 aliphatic carbocycles. The highest BCUT2D eigenvalue weighted by Gasteiger charge is 2.27. The van der Waals surface area contributed by atoms with Gasteiger partial charge in [0.15, 0.2) is 0 Å². The molecule has 2 N–H and O–H groups in total. The van der Waals surface area contributed by atoms with Gasteiger partial charge in [0.25, 0.3) is 0 Å². The molecule has 1 fully saturated rings. The molecule has 2 amide bonds. The molecule has 1 aromatic carbocycles. The number of ether oxygens (including phenoxy) is 1. The maximum absolute atomic E-state index is 12.0. The number of amides is 2. The molecular formula is C14H18N2O4. The van der Waals surface area contributed by atoms with E-state index in [9.17, 15) is 9.59 Å². The Labute approximate surface area is 117 Å². The third kappa shape index (κ3) is 3.55. The lowest BCUT2D eigenvalue weighted by atomic mass is 10.2. The Morgan fingerprint density at radius 2 is 2.10 bits per heavy atom. The molecule has 1 aliphatic rings. The van der Waals surface area contributed by atoms with Crippen LogP contribution >= 0.6 is 0 Å². The van der Waals surface area contributed by atoms with E-state index in [0.717, 1.165) is 5.56 Å². The lowest BCUT2D eigenvalue weighted by Crippen LogP contribution is -2.50. The van der Waals surface area contributed by atoms with Crippen LogP contribution in [-0.2, 0) is 14.3 Å². The van der Waals surface area contributed by atoms with Crippen LogP contribution in [0.4, 0.5) is 5.69 Å². The van der Waals surface area contributed by atoms with Crippen molar-refractivity contribution in [2.75, 3.05) is 31.6 Å². The van der Waals surface area contributed by atoms with Crippen LogP contribution in [0.1, 0.15) is 5.56 Å². The molecule has 1 heterocycles. The Kier molecular flexibility index (Phi) is 4.70. The number of benzene rings is 1. The molecule has 108 valence electrons. The van der Waals surface area contributed by atoms with Crippen LogP contribution in [0.15, 0.2) is 24.3 Å². The largest absolute Gasteiger partial charge is 0.394 e. The minimum Gasteiger partial charge on any atom is -0.394 e. The summed E-state index contributed by atoms with van der Waals surface area (Å²) < 4.78 is 5.24. The van der Waals surface area contributed by atoms with E-state index in [-0.39, 0.29) is 13.2 Å². The number of aliphatic hydroxyl groups excluding tert-OH is 1. The number of hydrogen-bond acceptors (Lipinski definition) is 4. The fourth-order valence-electron chi connectivity index (χ4n) is 1.98. The highest BCUT2D eigenvalue weighted by atomic mass is 16.5. The van der Waals surface area contributed by atoms with Gasteiger partial charge >= 0.3 is 11.8 Å². The summed E-state index contributed by atoms with van der Waals surface area (Å²) in [5.74, 6) is -1.28. The normalized spacial score (nSPS) is 18.7. The summed E-state index contributed by atoms with van der Waals surface area (Å²) in [6.07, 6.45) is -0.417. The van der Waals surface area contributed by atoms with E-state index < -0.39 is 17.9 Å². The third-order valence-electron chi connectivity index (χ3n) is 3.13. The molecule has 2 rings (SSSR count). The molecular weight excluding hydrogens is 260 g/mol. The molecule has 20 heavy (non-hydrogen) atoms. The summed E-state index contributed by atoms with van der Waals surface area (Å²) >= 11 is 0. The first-order valence-electron chi connectivity index (χ1n) is 6.49. The van der Waals surface area contributed by atoms with E-state index in [1.807, 2.05) is 19.1 Å². The van der Waals surface area contributed by atoms with E-state index in [0.29, 0.717) is 18.8 Å². The summed E-state index contributed by atoms with van der Waals surface area (Å²) in [4.78, 5) is 25.3. The first kappa shape index (κ1) is 14.5. The van der Waals surface area contributed by atoms with E-state index in [1.165, 1.54) is 4.90 Å². The van der Waals surface area contributed by atoms with Gasteiger partial charge in [-0.15, -0.1) is 0 Å². The zero-order chi connectivity index (χ0) is 14.5. The van der Waals surface area contributed by atoms with Crippen molar-refractivity contribution >= 4 is 17.5 Å². The second-order valence-electron chi connectivity index (χ2n) is 4.75. The lowest BCUT2D eigenvalue weighted by Gasteiger charge is -2.31. The fraction of sp³-hybridized carbons (Fsp3) is 0.429. The zero-order valence-electron chi connectivity index (χ0n) is 11.3. The number of morpholine rings is 1. The summed E-state index contributed by atoms with van der Waals surface area (Å²) in [5, 5.41) is 11.6. The van der Waals surface area contributed by atoms with Crippen LogP contribution in [0.25, 0.3) is 0 Å². The molecule has 1 unspecified atom stereocenters. The van der Waals surface area contributed by atoms with Gasteiger partial charge in [-0.3, -0.25) is 9.59 Å². The molecule has 1 atom stereocenters. The number of carbonyl (C=O) groups excluding carboxylic acids is 2. The van der Waals surface area contributed by atoms with Crippen LogP contribution in [0.5, 0.6) is 0 Å². The molecule has 0 radical (unpaired) electrons. The third-order valence-corrected chi connectivity index (χ3v) is 3.13. The quantitative estimate of drug-likeness (QED) is 0.755. The van der Waals surface area contributed by atoms with Gasteiger partial charge in [-0.05, 0) is 19.1 Å². The van der Waals surface area contributed by atoms with Gasteiger partial charge in [0.1, 0.15) is 0 Å². The van der Waals surface area contributed by atoms with Crippen molar-refractivity contribution in [2.45, 2.75) is 13.0 Å². The van der Waals surface area contributed by atoms with Crippen LogP contribution in [0, 0.1) is 6.92 Å². The van der Waals surface area contributed by atoms with Crippen LogP contribution in [0.2, 0.25) is 0 Å². The molecule has 0 saturated carbocycles. The topological polar surface area (TPSA) is 78.9 Å². The summed E-state index contributed by atoms with van der Waals surface area (Å²) in [5.41, 5.74) is 1.66. The Balaban J connectivity index is 1.94. The molecule has 6 nitrogen and oxygen atoms in total. The number of nitrogens with one attached hydrogen (secondary N) is 1. The number of rotatable bonds is 2. The van der Waals surface area contributed by atoms with Crippen LogP contribution in [0.3, 0.4) is 0 Å². The molecule has 0 aromatic heterocycles. The Hall–Kier alpha value is -1.92. The molecule has 0 spiro atoms. The predicted octanol–water partition coefficient (Wildman–Crippen LogP) is 0.153. The molecule has 1 aromatic rings. The van der Waals surface area contributed by atoms with E-state index in [1.54, 1.807) is 12.1 Å². The second-order valence-corrected chi connectivity index (χ2v) is 4.75. The number of aliphatic hydroxyl groups is 1. The minimum absolute atomic E-state index is 0.163. The highest BCUT2D eigenvalue weighted by Crippen LogP contribution is 2.10. The maximum atomic E-state index is 12.0. The average Bonchev–Trinajstić information content (AvgIpc) is 2.48. The van der Waals surface area contributed by atoms with Crippen molar-refractivity contribution < 1.29 is 19.4 Å². The number of nitrogens with zero attached hydrogens (tertiary/aromatic N) is 1. The van der Waals surface area contributed by atoms with Crippen molar-refractivity contribution in [2.24, 2.45) is 0 Å². The molecule has 1 aliphatic heterocycles. The van der Waals surface area contributed by atoms with E-state index >= 15 is 0 Å². The average molecular weight is 278 g/mol. The smallest absolute Gasteiger partial charge is 0.313 e. The lowest BCUT2D eigenvalue weighted by molar-refractivity contribution is -0.149.